The van der Waals surface area contributed by atoms with E-state index < -0.39 is 26.5 Å². The number of ether oxygens (including phenoxy) is 2. The predicted octanol–water partition coefficient (Wildman–Crippen LogP) is 0.166. The zero-order valence-electron chi connectivity index (χ0n) is 15.0. The van der Waals surface area contributed by atoms with Crippen molar-refractivity contribution in [1.82, 2.24) is 9.80 Å². The van der Waals surface area contributed by atoms with E-state index in [0.29, 0.717) is 25.3 Å². The smallest absolute Gasteiger partial charge is 0.254 e. The van der Waals surface area contributed by atoms with Crippen LogP contribution in [0.5, 0.6) is 0 Å². The molecule has 1 spiro atoms. The van der Waals surface area contributed by atoms with Gasteiger partial charge in [0.2, 0.25) is 0 Å². The molecule has 0 aliphatic carbocycles. The molecule has 0 N–H and O–H groups in total. The highest BCUT2D eigenvalue weighted by atomic mass is 32.2. The van der Waals surface area contributed by atoms with Crippen LogP contribution in [-0.4, -0.2) is 93.3 Å². The van der Waals surface area contributed by atoms with Gasteiger partial charge in [0.1, 0.15) is 11.4 Å². The second kappa shape index (κ2) is 7.12. The van der Waals surface area contributed by atoms with Crippen molar-refractivity contribution >= 4 is 15.7 Å². The highest BCUT2D eigenvalue weighted by Gasteiger charge is 2.54. The number of carbonyl (C=O) groups excluding carboxylic acids is 1. The third kappa shape index (κ3) is 3.87. The minimum atomic E-state index is -3.31. The Labute approximate surface area is 157 Å². The van der Waals surface area contributed by atoms with E-state index in [-0.39, 0.29) is 31.4 Å². The van der Waals surface area contributed by atoms with Gasteiger partial charge in [-0.2, -0.15) is 0 Å². The van der Waals surface area contributed by atoms with E-state index in [1.807, 2.05) is 0 Å². The van der Waals surface area contributed by atoms with Crippen LogP contribution in [-0.2, 0) is 19.3 Å². The number of hydrogen-bond acceptors (Lipinski definition) is 6. The Morgan fingerprint density at radius 2 is 1.85 bits per heavy atom. The lowest BCUT2D eigenvalue weighted by molar-refractivity contribution is -0.121. The molecule has 3 aliphatic heterocycles. The topological polar surface area (TPSA) is 76.2 Å². The lowest BCUT2D eigenvalue weighted by Gasteiger charge is -2.52. The second-order valence-electron chi connectivity index (χ2n) is 7.50. The molecule has 1 aromatic carbocycles. The van der Waals surface area contributed by atoms with Crippen molar-refractivity contribution in [3.05, 3.63) is 35.6 Å². The number of rotatable bonds is 3. The maximum atomic E-state index is 13.0. The zero-order valence-corrected chi connectivity index (χ0v) is 15.8. The first-order valence-electron chi connectivity index (χ1n) is 9.07. The van der Waals surface area contributed by atoms with Crippen LogP contribution < -0.4 is 0 Å². The molecule has 3 heterocycles. The number of nitrogens with zero attached hydrogens (tertiary/aromatic N) is 2. The van der Waals surface area contributed by atoms with Crippen molar-refractivity contribution in [3.63, 3.8) is 0 Å². The minimum Gasteiger partial charge on any atom is -0.379 e. The molecule has 0 radical (unpaired) electrons. The first kappa shape index (κ1) is 18.8. The summed E-state index contributed by atoms with van der Waals surface area (Å²) in [7, 11) is -3.31. The molecule has 1 amide bonds. The van der Waals surface area contributed by atoms with Crippen molar-refractivity contribution in [2.45, 2.75) is 10.9 Å². The summed E-state index contributed by atoms with van der Waals surface area (Å²) < 4.78 is 49.8. The summed E-state index contributed by atoms with van der Waals surface area (Å²) in [5.74, 6) is -0.709. The SMILES string of the molecule is O=C(c1ccc(F)cc1)N1CC2(C1)CS(=O)(=O)[C@@H](CN1CCOCC1)CO2. The summed E-state index contributed by atoms with van der Waals surface area (Å²) in [5, 5.41) is -0.539. The van der Waals surface area contributed by atoms with Crippen LogP contribution in [0.4, 0.5) is 4.39 Å². The summed E-state index contributed by atoms with van der Waals surface area (Å²) >= 11 is 0. The van der Waals surface area contributed by atoms with Gasteiger partial charge >= 0.3 is 0 Å². The molecule has 27 heavy (non-hydrogen) atoms. The van der Waals surface area contributed by atoms with Crippen molar-refractivity contribution in [2.24, 2.45) is 0 Å². The zero-order chi connectivity index (χ0) is 19.1. The van der Waals surface area contributed by atoms with E-state index in [9.17, 15) is 17.6 Å². The van der Waals surface area contributed by atoms with E-state index in [2.05, 4.69) is 4.90 Å². The number of sulfone groups is 1. The molecular weight excluding hydrogens is 375 g/mol. The Kier molecular flexibility index (Phi) is 4.96. The Morgan fingerprint density at radius 3 is 2.48 bits per heavy atom. The summed E-state index contributed by atoms with van der Waals surface area (Å²) in [4.78, 5) is 16.1. The van der Waals surface area contributed by atoms with Crippen LogP contribution in [0, 0.1) is 5.82 Å². The molecule has 148 valence electrons. The maximum absolute atomic E-state index is 13.0. The largest absolute Gasteiger partial charge is 0.379 e. The van der Waals surface area contributed by atoms with Crippen LogP contribution in [0.15, 0.2) is 24.3 Å². The third-order valence-corrected chi connectivity index (χ3v) is 7.68. The fraction of sp³-hybridized carbons (Fsp3) is 0.611. The highest BCUT2D eigenvalue weighted by Crippen LogP contribution is 2.33. The van der Waals surface area contributed by atoms with Crippen molar-refractivity contribution in [3.8, 4) is 0 Å². The average Bonchev–Trinajstić information content (AvgIpc) is 2.62. The second-order valence-corrected chi connectivity index (χ2v) is 9.79. The molecule has 1 atom stereocenters. The van der Waals surface area contributed by atoms with E-state index >= 15 is 0 Å². The molecule has 0 bridgehead atoms. The quantitative estimate of drug-likeness (QED) is 0.722. The van der Waals surface area contributed by atoms with Gasteiger partial charge in [-0.3, -0.25) is 9.69 Å². The number of morpholine rings is 1. The molecule has 7 nitrogen and oxygen atoms in total. The molecule has 0 unspecified atom stereocenters. The van der Waals surface area contributed by atoms with Crippen molar-refractivity contribution in [2.75, 3.05) is 58.3 Å². The molecule has 9 heteroatoms. The van der Waals surface area contributed by atoms with E-state index in [1.54, 1.807) is 4.90 Å². The van der Waals surface area contributed by atoms with Crippen LogP contribution in [0.3, 0.4) is 0 Å². The number of carbonyl (C=O) groups is 1. The van der Waals surface area contributed by atoms with Crippen LogP contribution in [0.2, 0.25) is 0 Å². The van der Waals surface area contributed by atoms with Crippen LogP contribution in [0.1, 0.15) is 10.4 Å². The van der Waals surface area contributed by atoms with Crippen molar-refractivity contribution < 1.29 is 27.1 Å². The Balaban J connectivity index is 1.35. The summed E-state index contributed by atoms with van der Waals surface area (Å²) in [6, 6.07) is 5.33. The van der Waals surface area contributed by atoms with Gasteiger partial charge in [0.05, 0.1) is 43.9 Å². The molecule has 0 aromatic heterocycles. The van der Waals surface area contributed by atoms with Gasteiger partial charge < -0.3 is 14.4 Å². The summed E-state index contributed by atoms with van der Waals surface area (Å²) in [6.45, 7) is 3.81. The number of likely N-dealkylation sites (tertiary alicyclic amines) is 1. The standard InChI is InChI=1S/C18H23FN2O5S/c19-15-3-1-14(2-4-15)17(22)21-11-18(12-21)13-27(23,24)16(10-26-18)9-20-5-7-25-8-6-20/h1-4,16H,5-13H2/t16-/m0/s1. The number of hydrogen-bond donors (Lipinski definition) is 0. The van der Waals surface area contributed by atoms with Gasteiger partial charge in [0.25, 0.3) is 5.91 Å². The van der Waals surface area contributed by atoms with Gasteiger partial charge in [-0.1, -0.05) is 0 Å². The lowest BCUT2D eigenvalue weighted by Crippen LogP contribution is -2.71. The number of halogens is 1. The van der Waals surface area contributed by atoms with Gasteiger partial charge in [-0.15, -0.1) is 0 Å². The highest BCUT2D eigenvalue weighted by molar-refractivity contribution is 7.92. The van der Waals surface area contributed by atoms with E-state index in [4.69, 9.17) is 9.47 Å². The Hall–Kier alpha value is -1.55. The van der Waals surface area contributed by atoms with E-state index in [1.165, 1.54) is 24.3 Å². The lowest BCUT2D eigenvalue weighted by atomic mass is 9.94. The van der Waals surface area contributed by atoms with E-state index in [0.717, 1.165) is 13.1 Å². The third-order valence-electron chi connectivity index (χ3n) is 5.45. The fourth-order valence-corrected chi connectivity index (χ4v) is 5.84. The van der Waals surface area contributed by atoms with Gasteiger partial charge in [0, 0.05) is 25.2 Å². The first-order chi connectivity index (χ1) is 12.9. The number of amides is 1. The molecule has 3 aliphatic rings. The van der Waals surface area contributed by atoms with Gasteiger partial charge in [-0.25, -0.2) is 12.8 Å². The maximum Gasteiger partial charge on any atom is 0.254 e. The molecule has 0 saturated carbocycles. The molecule has 3 saturated heterocycles. The normalized spacial score (nSPS) is 27.3. The van der Waals surface area contributed by atoms with Crippen LogP contribution in [0.25, 0.3) is 0 Å². The molecule has 1 aromatic rings. The molecular formula is C18H23FN2O5S. The Morgan fingerprint density at radius 1 is 1.19 bits per heavy atom. The molecule has 4 rings (SSSR count). The fourth-order valence-electron chi connectivity index (χ4n) is 3.89. The summed E-state index contributed by atoms with van der Waals surface area (Å²) in [6.07, 6.45) is 0. The Bertz CT molecular complexity index is 802. The van der Waals surface area contributed by atoms with Crippen LogP contribution >= 0.6 is 0 Å². The predicted molar refractivity (Wildman–Crippen MR) is 95.8 cm³/mol. The van der Waals surface area contributed by atoms with Crippen molar-refractivity contribution in [1.29, 1.82) is 0 Å². The van der Waals surface area contributed by atoms with Gasteiger partial charge in [-0.05, 0) is 24.3 Å². The first-order valence-corrected chi connectivity index (χ1v) is 10.8. The molecule has 3 fully saturated rings. The van der Waals surface area contributed by atoms with Gasteiger partial charge in [0.15, 0.2) is 9.84 Å². The number of benzene rings is 1. The monoisotopic (exact) mass is 398 g/mol. The summed E-state index contributed by atoms with van der Waals surface area (Å²) in [5.41, 5.74) is -0.425. The average molecular weight is 398 g/mol. The minimum absolute atomic E-state index is 0.0673.